The first-order valence-corrected chi connectivity index (χ1v) is 11.7. The number of hydrogen-bond acceptors (Lipinski definition) is 5. The van der Waals surface area contributed by atoms with Crippen LogP contribution in [0.4, 0.5) is 9.93 Å². The van der Waals surface area contributed by atoms with Gasteiger partial charge >= 0.3 is 6.09 Å². The maximum atomic E-state index is 12.8. The Balaban J connectivity index is 1.33. The number of aromatic nitrogens is 1. The Kier molecular flexibility index (Phi) is 7.07. The molecular weight excluding hydrogens is 446 g/mol. The lowest BCUT2D eigenvalue weighted by atomic mass is 10.1. The van der Waals surface area contributed by atoms with Crippen molar-refractivity contribution >= 4 is 40.1 Å². The minimum Gasteiger partial charge on any atom is -0.445 e. The molecule has 2 amide bonds. The zero-order chi connectivity index (χ0) is 22.5. The number of thiazole rings is 1. The molecule has 0 unspecified atom stereocenters. The van der Waals surface area contributed by atoms with Crippen LogP contribution in [0.2, 0.25) is 5.02 Å². The van der Waals surface area contributed by atoms with Crippen molar-refractivity contribution in [3.63, 3.8) is 0 Å². The number of nitrogens with one attached hydrogen (secondary N) is 1. The van der Waals surface area contributed by atoms with Gasteiger partial charge < -0.3 is 10.1 Å². The fraction of sp³-hybridized carbons (Fsp3) is 0.292. The van der Waals surface area contributed by atoms with Crippen molar-refractivity contribution in [2.75, 3.05) is 11.9 Å². The molecule has 0 aliphatic carbocycles. The second kappa shape index (κ2) is 10.1. The first-order valence-electron chi connectivity index (χ1n) is 10.5. The van der Waals surface area contributed by atoms with Crippen LogP contribution in [0.1, 0.15) is 34.4 Å². The summed E-state index contributed by atoms with van der Waals surface area (Å²) in [5.41, 5.74) is 3.03. The van der Waals surface area contributed by atoms with E-state index < -0.39 is 12.1 Å². The van der Waals surface area contributed by atoms with Crippen molar-refractivity contribution in [3.8, 4) is 0 Å². The Bertz CT molecular complexity index is 1100. The highest BCUT2D eigenvalue weighted by atomic mass is 35.5. The van der Waals surface area contributed by atoms with E-state index in [0.717, 1.165) is 33.0 Å². The molecule has 0 spiro atoms. The molecule has 1 fully saturated rings. The van der Waals surface area contributed by atoms with E-state index in [1.54, 1.807) is 6.20 Å². The number of carbonyl (C=O) groups is 2. The normalized spacial score (nSPS) is 15.6. The largest absolute Gasteiger partial charge is 0.445 e. The fourth-order valence-corrected chi connectivity index (χ4v) is 4.70. The van der Waals surface area contributed by atoms with Crippen molar-refractivity contribution in [3.05, 3.63) is 81.3 Å². The van der Waals surface area contributed by atoms with Gasteiger partial charge in [0.1, 0.15) is 12.6 Å². The van der Waals surface area contributed by atoms with Crippen molar-refractivity contribution in [2.45, 2.75) is 38.8 Å². The Morgan fingerprint density at radius 3 is 2.81 bits per heavy atom. The lowest BCUT2D eigenvalue weighted by Gasteiger charge is -2.22. The van der Waals surface area contributed by atoms with Crippen LogP contribution in [0.25, 0.3) is 0 Å². The molecule has 0 saturated carbocycles. The molecule has 1 aliphatic heterocycles. The molecule has 1 atom stereocenters. The number of halogens is 1. The summed E-state index contributed by atoms with van der Waals surface area (Å²) in [7, 11) is 0. The summed E-state index contributed by atoms with van der Waals surface area (Å²) in [4.78, 5) is 32.2. The summed E-state index contributed by atoms with van der Waals surface area (Å²) in [5, 5.41) is 4.12. The van der Waals surface area contributed by atoms with Gasteiger partial charge in [-0.25, -0.2) is 9.78 Å². The summed E-state index contributed by atoms with van der Waals surface area (Å²) >= 11 is 7.63. The quantitative estimate of drug-likeness (QED) is 0.522. The third-order valence-corrected chi connectivity index (χ3v) is 6.71. The minimum absolute atomic E-state index is 0.184. The Morgan fingerprint density at radius 1 is 1.22 bits per heavy atom. The van der Waals surface area contributed by atoms with E-state index in [2.05, 4.69) is 10.3 Å². The number of ether oxygens (including phenoxy) is 1. The number of aryl methyl sites for hydroxylation is 1. The number of anilines is 1. The van der Waals surface area contributed by atoms with Crippen molar-refractivity contribution in [1.29, 1.82) is 0 Å². The second-order valence-corrected chi connectivity index (χ2v) is 9.30. The van der Waals surface area contributed by atoms with E-state index in [0.29, 0.717) is 24.5 Å². The molecular formula is C24H24ClN3O3S. The molecule has 0 bridgehead atoms. The Labute approximate surface area is 196 Å². The number of likely N-dealkylation sites (tertiary alicyclic amines) is 1. The number of amides is 2. The van der Waals surface area contributed by atoms with Crippen LogP contribution in [0.15, 0.2) is 54.7 Å². The van der Waals surface area contributed by atoms with Gasteiger partial charge in [0.15, 0.2) is 5.13 Å². The molecule has 8 heteroatoms. The number of rotatable bonds is 6. The molecule has 1 saturated heterocycles. The lowest BCUT2D eigenvalue weighted by molar-refractivity contribution is -0.120. The zero-order valence-electron chi connectivity index (χ0n) is 17.7. The van der Waals surface area contributed by atoms with E-state index >= 15 is 0 Å². The number of carbonyl (C=O) groups excluding carboxylic acids is 2. The molecule has 4 rings (SSSR count). The molecule has 6 nitrogen and oxygen atoms in total. The van der Waals surface area contributed by atoms with Crippen LogP contribution in [0.3, 0.4) is 0 Å². The van der Waals surface area contributed by atoms with Crippen molar-refractivity contribution in [1.82, 2.24) is 9.88 Å². The van der Waals surface area contributed by atoms with E-state index in [-0.39, 0.29) is 12.5 Å². The van der Waals surface area contributed by atoms with Crippen LogP contribution in [-0.4, -0.2) is 34.5 Å². The van der Waals surface area contributed by atoms with E-state index in [1.165, 1.54) is 16.2 Å². The van der Waals surface area contributed by atoms with Crippen LogP contribution in [0.5, 0.6) is 0 Å². The van der Waals surface area contributed by atoms with Crippen LogP contribution in [0, 0.1) is 6.92 Å². The summed E-state index contributed by atoms with van der Waals surface area (Å²) < 4.78 is 5.41. The summed E-state index contributed by atoms with van der Waals surface area (Å²) in [6.45, 7) is 2.66. The highest BCUT2D eigenvalue weighted by Crippen LogP contribution is 2.26. The summed E-state index contributed by atoms with van der Waals surface area (Å²) in [6.07, 6.45) is 3.34. The van der Waals surface area contributed by atoms with Gasteiger partial charge in [0.05, 0.1) is 0 Å². The van der Waals surface area contributed by atoms with Gasteiger partial charge in [0, 0.05) is 29.1 Å². The third-order valence-electron chi connectivity index (χ3n) is 5.39. The molecule has 1 aromatic heterocycles. The maximum absolute atomic E-state index is 12.8. The fourth-order valence-electron chi connectivity index (χ4n) is 3.64. The topological polar surface area (TPSA) is 71.5 Å². The van der Waals surface area contributed by atoms with Crippen molar-refractivity contribution < 1.29 is 14.3 Å². The van der Waals surface area contributed by atoms with Crippen LogP contribution < -0.4 is 5.32 Å². The van der Waals surface area contributed by atoms with Crippen LogP contribution >= 0.6 is 22.9 Å². The van der Waals surface area contributed by atoms with Gasteiger partial charge in [-0.15, -0.1) is 11.3 Å². The highest BCUT2D eigenvalue weighted by Gasteiger charge is 2.35. The molecule has 3 aromatic rings. The van der Waals surface area contributed by atoms with Gasteiger partial charge in [-0.2, -0.15) is 0 Å². The highest BCUT2D eigenvalue weighted by molar-refractivity contribution is 7.15. The van der Waals surface area contributed by atoms with Gasteiger partial charge in [0.25, 0.3) is 0 Å². The summed E-state index contributed by atoms with van der Waals surface area (Å²) in [5.74, 6) is -0.238. The average Bonchev–Trinajstić information content (AvgIpc) is 3.45. The molecule has 32 heavy (non-hydrogen) atoms. The Morgan fingerprint density at radius 2 is 2.03 bits per heavy atom. The summed E-state index contributed by atoms with van der Waals surface area (Å²) in [6, 6.07) is 14.9. The molecule has 1 aliphatic rings. The molecule has 166 valence electrons. The van der Waals surface area contributed by atoms with Crippen LogP contribution in [-0.2, 0) is 22.6 Å². The van der Waals surface area contributed by atoms with E-state index in [1.807, 2.05) is 55.5 Å². The third kappa shape index (κ3) is 5.47. The molecule has 1 N–H and O–H groups in total. The van der Waals surface area contributed by atoms with Crippen molar-refractivity contribution in [2.24, 2.45) is 0 Å². The second-order valence-electron chi connectivity index (χ2n) is 7.77. The van der Waals surface area contributed by atoms with Gasteiger partial charge in [0.2, 0.25) is 5.91 Å². The van der Waals surface area contributed by atoms with Gasteiger partial charge in [-0.3, -0.25) is 9.69 Å². The monoisotopic (exact) mass is 469 g/mol. The number of benzene rings is 2. The predicted molar refractivity (Wildman–Crippen MR) is 126 cm³/mol. The molecule has 2 aromatic carbocycles. The standard InChI is InChI=1S/C24H24ClN3O3S/c1-16-9-10-18(13-20(16)25)12-19-14-26-23(32-19)27-22(29)21-8-5-11-28(21)24(30)31-15-17-6-3-2-4-7-17/h2-4,6-7,9-10,13-14,21H,5,8,11-12,15H2,1H3,(H,26,27,29)/t21-/m0/s1. The Hall–Kier alpha value is -2.90. The lowest BCUT2D eigenvalue weighted by Crippen LogP contribution is -2.43. The minimum atomic E-state index is -0.554. The van der Waals surface area contributed by atoms with E-state index in [9.17, 15) is 9.59 Å². The van der Waals surface area contributed by atoms with Gasteiger partial charge in [-0.1, -0.05) is 54.1 Å². The first-order chi connectivity index (χ1) is 15.5. The number of hydrogen-bond donors (Lipinski definition) is 1. The predicted octanol–water partition coefficient (Wildman–Crippen LogP) is 5.44. The van der Waals surface area contributed by atoms with Gasteiger partial charge in [-0.05, 0) is 42.5 Å². The molecule has 0 radical (unpaired) electrons. The zero-order valence-corrected chi connectivity index (χ0v) is 19.3. The van der Waals surface area contributed by atoms with E-state index in [4.69, 9.17) is 16.3 Å². The average molecular weight is 470 g/mol. The smallest absolute Gasteiger partial charge is 0.410 e. The number of nitrogens with zero attached hydrogens (tertiary/aromatic N) is 2. The SMILES string of the molecule is Cc1ccc(Cc2cnc(NC(=O)[C@@H]3CCCN3C(=O)OCc3ccccc3)s2)cc1Cl. The maximum Gasteiger partial charge on any atom is 0.410 e. The first kappa shape index (κ1) is 22.3. The molecule has 2 heterocycles.